The maximum Gasteiger partial charge on any atom is 0.335 e. The summed E-state index contributed by atoms with van der Waals surface area (Å²) in [6.45, 7) is 2.54. The van der Waals surface area contributed by atoms with Gasteiger partial charge >= 0.3 is 5.97 Å². The Balaban J connectivity index is 1.34. The molecule has 0 bridgehead atoms. The number of furan rings is 1. The molecule has 0 saturated heterocycles. The predicted molar refractivity (Wildman–Crippen MR) is 161 cm³/mol. The SMILES string of the molecule is CCOc1ccc([C@H]2C3=C(N=c4s/c(=C\c5ccc(-c6ccc(C(=O)O)cc6)o5)c(=O)n42)c2ccccc2CC3)cc1. The summed E-state index contributed by atoms with van der Waals surface area (Å²) in [7, 11) is 0. The minimum absolute atomic E-state index is 0.119. The monoisotopic (exact) mass is 574 g/mol. The lowest BCUT2D eigenvalue weighted by Gasteiger charge is -2.30. The molecule has 5 aromatic rings. The lowest BCUT2D eigenvalue weighted by Crippen LogP contribution is -2.38. The number of carbonyl (C=O) groups is 1. The highest BCUT2D eigenvalue weighted by atomic mass is 32.1. The molecular formula is C34H26N2O5S. The van der Waals surface area contributed by atoms with Crippen molar-refractivity contribution in [3.63, 3.8) is 0 Å². The third-order valence-electron chi connectivity index (χ3n) is 7.70. The van der Waals surface area contributed by atoms with Crippen LogP contribution in [0.2, 0.25) is 0 Å². The van der Waals surface area contributed by atoms with Crippen molar-refractivity contribution in [1.82, 2.24) is 4.57 Å². The third-order valence-corrected chi connectivity index (χ3v) is 8.68. The zero-order chi connectivity index (χ0) is 28.8. The molecule has 0 amide bonds. The zero-order valence-corrected chi connectivity index (χ0v) is 23.6. The fourth-order valence-electron chi connectivity index (χ4n) is 5.73. The first-order chi connectivity index (χ1) is 20.5. The van der Waals surface area contributed by atoms with E-state index in [1.807, 2.05) is 54.0 Å². The zero-order valence-electron chi connectivity index (χ0n) is 22.7. The van der Waals surface area contributed by atoms with E-state index < -0.39 is 5.97 Å². The van der Waals surface area contributed by atoms with Gasteiger partial charge in [0.05, 0.1) is 28.4 Å². The summed E-state index contributed by atoms with van der Waals surface area (Å²) in [6, 6.07) is 26.2. The molecule has 208 valence electrons. The molecular weight excluding hydrogens is 548 g/mol. The third kappa shape index (κ3) is 4.50. The average molecular weight is 575 g/mol. The summed E-state index contributed by atoms with van der Waals surface area (Å²) in [6.07, 6.45) is 3.47. The van der Waals surface area contributed by atoms with Gasteiger partial charge in [-0.1, -0.05) is 59.9 Å². The number of hydrogen-bond donors (Lipinski definition) is 1. The van der Waals surface area contributed by atoms with Gasteiger partial charge in [0.2, 0.25) is 0 Å². The smallest absolute Gasteiger partial charge is 0.335 e. The first-order valence-corrected chi connectivity index (χ1v) is 14.6. The molecule has 1 atom stereocenters. The van der Waals surface area contributed by atoms with Crippen LogP contribution in [0.4, 0.5) is 0 Å². The maximum atomic E-state index is 14.0. The van der Waals surface area contributed by atoms with Crippen LogP contribution in [0, 0.1) is 0 Å². The predicted octanol–water partition coefficient (Wildman–Crippen LogP) is 5.68. The first kappa shape index (κ1) is 26.0. The molecule has 0 fully saturated rings. The van der Waals surface area contributed by atoms with Gasteiger partial charge in [-0.15, -0.1) is 0 Å². The van der Waals surface area contributed by atoms with Crippen LogP contribution < -0.4 is 19.6 Å². The Kier molecular flexibility index (Phi) is 6.47. The lowest BCUT2D eigenvalue weighted by atomic mass is 9.83. The second-order valence-electron chi connectivity index (χ2n) is 10.2. The Morgan fingerprint density at radius 1 is 1.05 bits per heavy atom. The molecule has 2 aromatic heterocycles. The highest BCUT2D eigenvalue weighted by molar-refractivity contribution is 7.07. The molecule has 0 saturated carbocycles. The molecule has 0 spiro atoms. The van der Waals surface area contributed by atoms with Crippen molar-refractivity contribution in [1.29, 1.82) is 0 Å². The number of carboxylic acid groups (broad SMARTS) is 1. The van der Waals surface area contributed by atoms with Gasteiger partial charge in [-0.3, -0.25) is 9.36 Å². The molecule has 7 nitrogen and oxygen atoms in total. The molecule has 2 aliphatic rings. The lowest BCUT2D eigenvalue weighted by molar-refractivity contribution is 0.0697. The molecule has 42 heavy (non-hydrogen) atoms. The van der Waals surface area contributed by atoms with Crippen molar-refractivity contribution in [2.75, 3.05) is 6.61 Å². The summed E-state index contributed by atoms with van der Waals surface area (Å²) in [5.74, 6) is 0.934. The van der Waals surface area contributed by atoms with Crippen molar-refractivity contribution in [2.45, 2.75) is 25.8 Å². The fourth-order valence-corrected chi connectivity index (χ4v) is 6.71. The van der Waals surface area contributed by atoms with E-state index in [0.717, 1.165) is 46.6 Å². The minimum atomic E-state index is -0.981. The number of rotatable bonds is 6. The van der Waals surface area contributed by atoms with Crippen molar-refractivity contribution < 1.29 is 19.1 Å². The Hall–Kier alpha value is -4.95. The number of hydrogen-bond acceptors (Lipinski definition) is 6. The quantitative estimate of drug-likeness (QED) is 0.282. The molecule has 1 N–H and O–H groups in total. The Morgan fingerprint density at radius 2 is 1.83 bits per heavy atom. The minimum Gasteiger partial charge on any atom is -0.494 e. The highest BCUT2D eigenvalue weighted by Gasteiger charge is 2.32. The largest absolute Gasteiger partial charge is 0.494 e. The molecule has 3 heterocycles. The van der Waals surface area contributed by atoms with Crippen LogP contribution in [0.3, 0.4) is 0 Å². The van der Waals surface area contributed by atoms with E-state index in [4.69, 9.17) is 14.1 Å². The van der Waals surface area contributed by atoms with Gasteiger partial charge in [0.25, 0.3) is 5.56 Å². The second kappa shape index (κ2) is 10.5. The normalized spacial score (nSPS) is 15.9. The Labute approximate surface area is 245 Å². The average Bonchev–Trinajstić information content (AvgIpc) is 3.61. The first-order valence-electron chi connectivity index (χ1n) is 13.8. The summed E-state index contributed by atoms with van der Waals surface area (Å²) in [5, 5.41) is 9.18. The topological polar surface area (TPSA) is 94.0 Å². The molecule has 1 aliphatic heterocycles. The van der Waals surface area contributed by atoms with Crippen LogP contribution in [-0.4, -0.2) is 22.2 Å². The van der Waals surface area contributed by atoms with Gasteiger partial charge in [0, 0.05) is 17.2 Å². The molecule has 0 radical (unpaired) electrons. The summed E-state index contributed by atoms with van der Waals surface area (Å²) < 4.78 is 14.1. The van der Waals surface area contributed by atoms with E-state index in [9.17, 15) is 14.7 Å². The standard InChI is InChI=1S/C34H26N2O5S/c1-2-40-24-14-11-22(12-15-24)31-27-17-13-20-5-3-4-6-26(20)30(27)35-34-36(31)32(37)29(42-34)19-25-16-18-28(41-25)21-7-9-23(10-8-21)33(38)39/h3-12,14-16,18-19,31H,2,13,17H2,1H3,(H,38,39)/b29-19-/t31-/m0/s1. The van der Waals surface area contributed by atoms with E-state index in [-0.39, 0.29) is 17.2 Å². The number of fused-ring (bicyclic) bond motifs is 3. The summed E-state index contributed by atoms with van der Waals surface area (Å²) in [4.78, 5) is 30.9. The van der Waals surface area contributed by atoms with E-state index in [1.54, 1.807) is 30.3 Å². The van der Waals surface area contributed by atoms with Crippen LogP contribution in [-0.2, 0) is 6.42 Å². The molecule has 3 aromatic carbocycles. The fraction of sp³-hybridized carbons (Fsp3) is 0.147. The number of thiazole rings is 1. The van der Waals surface area contributed by atoms with Crippen molar-refractivity contribution in [2.24, 2.45) is 4.99 Å². The van der Waals surface area contributed by atoms with Gasteiger partial charge < -0.3 is 14.3 Å². The van der Waals surface area contributed by atoms with Gasteiger partial charge in [0.1, 0.15) is 17.3 Å². The molecule has 1 aliphatic carbocycles. The van der Waals surface area contributed by atoms with Crippen molar-refractivity contribution >= 4 is 29.1 Å². The van der Waals surface area contributed by atoms with Crippen LogP contribution >= 0.6 is 11.3 Å². The van der Waals surface area contributed by atoms with E-state index in [0.29, 0.717) is 27.5 Å². The van der Waals surface area contributed by atoms with Gasteiger partial charge in [-0.05, 0) is 72.9 Å². The van der Waals surface area contributed by atoms with Crippen molar-refractivity contribution in [3.05, 3.63) is 138 Å². The van der Waals surface area contributed by atoms with E-state index in [2.05, 4.69) is 18.2 Å². The molecule has 7 rings (SSSR count). The number of nitrogens with zero attached hydrogens (tertiary/aromatic N) is 2. The van der Waals surface area contributed by atoms with Crippen LogP contribution in [0.5, 0.6) is 5.75 Å². The number of aromatic carboxylic acids is 1. The number of ether oxygens (including phenoxy) is 1. The van der Waals surface area contributed by atoms with E-state index >= 15 is 0 Å². The number of benzene rings is 3. The highest BCUT2D eigenvalue weighted by Crippen LogP contribution is 2.41. The molecule has 0 unspecified atom stereocenters. The van der Waals surface area contributed by atoms with Crippen LogP contribution in [0.15, 0.2) is 105 Å². The maximum absolute atomic E-state index is 14.0. The van der Waals surface area contributed by atoms with Gasteiger partial charge in [-0.25, -0.2) is 9.79 Å². The summed E-state index contributed by atoms with van der Waals surface area (Å²) >= 11 is 1.35. The number of aryl methyl sites for hydroxylation is 1. The Morgan fingerprint density at radius 3 is 2.60 bits per heavy atom. The van der Waals surface area contributed by atoms with Crippen LogP contribution in [0.1, 0.15) is 52.2 Å². The number of aromatic nitrogens is 1. The van der Waals surface area contributed by atoms with E-state index in [1.165, 1.54) is 16.9 Å². The summed E-state index contributed by atoms with van der Waals surface area (Å²) in [5.41, 5.74) is 6.34. The van der Waals surface area contributed by atoms with Gasteiger partial charge in [-0.2, -0.15) is 0 Å². The van der Waals surface area contributed by atoms with Crippen molar-refractivity contribution in [3.8, 4) is 17.1 Å². The Bertz CT molecular complexity index is 2050. The second-order valence-corrected chi connectivity index (χ2v) is 11.2. The number of allylic oxidation sites excluding steroid dienone is 1. The number of carboxylic acids is 1. The van der Waals surface area contributed by atoms with Crippen LogP contribution in [0.25, 0.3) is 23.1 Å². The molecule has 8 heteroatoms. The van der Waals surface area contributed by atoms with Gasteiger partial charge in [0.15, 0.2) is 4.80 Å².